The molecule has 1 aromatic rings. The minimum absolute atomic E-state index is 0.0594. The van der Waals surface area contributed by atoms with Gasteiger partial charge in [0.05, 0.1) is 0 Å². The van der Waals surface area contributed by atoms with Gasteiger partial charge >= 0.3 is 0 Å². The summed E-state index contributed by atoms with van der Waals surface area (Å²) in [5, 5.41) is 5.80. The molecule has 4 N–H and O–H groups in total. The zero-order chi connectivity index (χ0) is 12.8. The van der Waals surface area contributed by atoms with Gasteiger partial charge in [-0.05, 0) is 12.8 Å². The number of nitrogens with zero attached hydrogens (tertiary/aromatic N) is 2. The van der Waals surface area contributed by atoms with Crippen molar-refractivity contribution in [1.82, 2.24) is 15.3 Å². The SMILES string of the molecule is CC(C)CNC(=O)C(C)Nc1cc(N)ncn1. The summed E-state index contributed by atoms with van der Waals surface area (Å²) in [4.78, 5) is 19.4. The highest BCUT2D eigenvalue weighted by atomic mass is 16.2. The first-order chi connectivity index (χ1) is 7.99. The average Bonchev–Trinajstić information content (AvgIpc) is 2.25. The molecule has 0 fully saturated rings. The molecule has 17 heavy (non-hydrogen) atoms. The van der Waals surface area contributed by atoms with Gasteiger partial charge in [0.15, 0.2) is 0 Å². The highest BCUT2D eigenvalue weighted by Gasteiger charge is 2.12. The highest BCUT2D eigenvalue weighted by molar-refractivity contribution is 5.83. The molecule has 1 heterocycles. The maximum absolute atomic E-state index is 11.7. The van der Waals surface area contributed by atoms with Gasteiger partial charge < -0.3 is 16.4 Å². The third kappa shape index (κ3) is 4.67. The van der Waals surface area contributed by atoms with Crippen LogP contribution < -0.4 is 16.4 Å². The van der Waals surface area contributed by atoms with Crippen LogP contribution >= 0.6 is 0 Å². The van der Waals surface area contributed by atoms with Gasteiger partial charge in [0.1, 0.15) is 24.0 Å². The normalized spacial score (nSPS) is 12.2. The Morgan fingerprint density at radius 3 is 2.71 bits per heavy atom. The number of carbonyl (C=O) groups excluding carboxylic acids is 1. The van der Waals surface area contributed by atoms with Gasteiger partial charge in [-0.25, -0.2) is 9.97 Å². The number of carbonyl (C=O) groups is 1. The van der Waals surface area contributed by atoms with Crippen molar-refractivity contribution in [3.8, 4) is 0 Å². The number of amides is 1. The van der Waals surface area contributed by atoms with Crippen molar-refractivity contribution in [2.75, 3.05) is 17.6 Å². The van der Waals surface area contributed by atoms with Crippen molar-refractivity contribution in [2.45, 2.75) is 26.8 Å². The summed E-state index contributed by atoms with van der Waals surface area (Å²) in [5.74, 6) is 1.29. The van der Waals surface area contributed by atoms with Gasteiger partial charge in [-0.2, -0.15) is 0 Å². The Kier molecular flexibility index (Phi) is 4.68. The molecule has 0 aromatic carbocycles. The second kappa shape index (κ2) is 6.03. The fourth-order valence-electron chi connectivity index (χ4n) is 1.20. The van der Waals surface area contributed by atoms with E-state index in [1.165, 1.54) is 6.33 Å². The van der Waals surface area contributed by atoms with E-state index in [0.717, 1.165) is 0 Å². The molecule has 0 bridgehead atoms. The summed E-state index contributed by atoms with van der Waals surface area (Å²) >= 11 is 0. The van der Waals surface area contributed by atoms with E-state index in [4.69, 9.17) is 5.73 Å². The van der Waals surface area contributed by atoms with Crippen LogP contribution in [0.15, 0.2) is 12.4 Å². The molecule has 0 spiro atoms. The zero-order valence-electron chi connectivity index (χ0n) is 10.4. The van der Waals surface area contributed by atoms with Crippen molar-refractivity contribution in [3.05, 3.63) is 12.4 Å². The second-order valence-corrected chi connectivity index (χ2v) is 4.33. The predicted molar refractivity (Wildman–Crippen MR) is 67.4 cm³/mol. The second-order valence-electron chi connectivity index (χ2n) is 4.33. The predicted octanol–water partition coefficient (Wildman–Crippen LogP) is 0.631. The third-order valence-electron chi connectivity index (χ3n) is 2.13. The van der Waals surface area contributed by atoms with Crippen molar-refractivity contribution in [2.24, 2.45) is 5.92 Å². The zero-order valence-corrected chi connectivity index (χ0v) is 10.4. The average molecular weight is 237 g/mol. The maximum Gasteiger partial charge on any atom is 0.242 e. The lowest BCUT2D eigenvalue weighted by Crippen LogP contribution is -2.39. The van der Waals surface area contributed by atoms with Crippen molar-refractivity contribution in [3.63, 3.8) is 0 Å². The molecule has 94 valence electrons. The van der Waals surface area contributed by atoms with E-state index in [1.807, 2.05) is 13.8 Å². The van der Waals surface area contributed by atoms with Crippen molar-refractivity contribution in [1.29, 1.82) is 0 Å². The monoisotopic (exact) mass is 237 g/mol. The lowest BCUT2D eigenvalue weighted by molar-refractivity contribution is -0.121. The van der Waals surface area contributed by atoms with Gasteiger partial charge in [0.2, 0.25) is 5.91 Å². The van der Waals surface area contributed by atoms with E-state index in [9.17, 15) is 4.79 Å². The Morgan fingerprint density at radius 1 is 1.41 bits per heavy atom. The first kappa shape index (κ1) is 13.2. The number of hydrogen-bond acceptors (Lipinski definition) is 5. The van der Waals surface area contributed by atoms with Crippen LogP contribution in [0.1, 0.15) is 20.8 Å². The molecule has 0 aliphatic carbocycles. The number of nitrogens with one attached hydrogen (secondary N) is 2. The van der Waals surface area contributed by atoms with Crippen LogP contribution in [0.3, 0.4) is 0 Å². The first-order valence-electron chi connectivity index (χ1n) is 5.60. The number of nitrogens with two attached hydrogens (primary N) is 1. The van der Waals surface area contributed by atoms with Crippen LogP contribution in [0.25, 0.3) is 0 Å². The van der Waals surface area contributed by atoms with E-state index in [-0.39, 0.29) is 11.9 Å². The Balaban J connectivity index is 2.48. The molecule has 6 heteroatoms. The van der Waals surface area contributed by atoms with E-state index in [2.05, 4.69) is 20.6 Å². The van der Waals surface area contributed by atoms with Gasteiger partial charge in [-0.1, -0.05) is 13.8 Å². The molecule has 0 saturated heterocycles. The van der Waals surface area contributed by atoms with Gasteiger partial charge in [-0.15, -0.1) is 0 Å². The van der Waals surface area contributed by atoms with Crippen LogP contribution in [0.2, 0.25) is 0 Å². The summed E-state index contributed by atoms with van der Waals surface area (Å²) in [6, 6.07) is 1.23. The first-order valence-corrected chi connectivity index (χ1v) is 5.60. The topological polar surface area (TPSA) is 92.9 Å². The molecule has 1 atom stereocenters. The van der Waals surface area contributed by atoms with Gasteiger partial charge in [0.25, 0.3) is 0 Å². The highest BCUT2D eigenvalue weighted by Crippen LogP contribution is 2.06. The van der Waals surface area contributed by atoms with Crippen LogP contribution in [-0.4, -0.2) is 28.5 Å². The number of hydrogen-bond donors (Lipinski definition) is 3. The third-order valence-corrected chi connectivity index (χ3v) is 2.13. The summed E-state index contributed by atoms with van der Waals surface area (Å²) in [6.45, 7) is 6.53. The van der Waals surface area contributed by atoms with Crippen LogP contribution in [0.5, 0.6) is 0 Å². The summed E-state index contributed by atoms with van der Waals surface area (Å²) < 4.78 is 0. The van der Waals surface area contributed by atoms with Crippen LogP contribution in [0.4, 0.5) is 11.6 Å². The quantitative estimate of drug-likeness (QED) is 0.698. The smallest absolute Gasteiger partial charge is 0.242 e. The maximum atomic E-state index is 11.7. The fourth-order valence-corrected chi connectivity index (χ4v) is 1.20. The summed E-state index contributed by atoms with van der Waals surface area (Å²) in [6.07, 6.45) is 1.36. The minimum atomic E-state index is -0.358. The van der Waals surface area contributed by atoms with E-state index in [0.29, 0.717) is 24.1 Å². The molecule has 1 rings (SSSR count). The fraction of sp³-hybridized carbons (Fsp3) is 0.545. The Morgan fingerprint density at radius 2 is 2.12 bits per heavy atom. The number of aromatic nitrogens is 2. The molecular weight excluding hydrogens is 218 g/mol. The van der Waals surface area contributed by atoms with Gasteiger partial charge in [0, 0.05) is 12.6 Å². The molecule has 0 radical (unpaired) electrons. The molecule has 1 aromatic heterocycles. The van der Waals surface area contributed by atoms with Crippen LogP contribution in [0, 0.1) is 5.92 Å². The molecule has 1 amide bonds. The molecule has 1 unspecified atom stereocenters. The summed E-state index contributed by atoms with van der Waals surface area (Å²) in [7, 11) is 0. The Labute approximate surface area is 101 Å². The standard InChI is InChI=1S/C11H19N5O/c1-7(2)5-13-11(17)8(3)16-10-4-9(12)14-6-15-10/h4,6-8H,5H2,1-3H3,(H,13,17)(H3,12,14,15,16). The van der Waals surface area contributed by atoms with Gasteiger partial charge in [-0.3, -0.25) is 4.79 Å². The van der Waals surface area contributed by atoms with Crippen LogP contribution in [-0.2, 0) is 4.79 Å². The molecule has 6 nitrogen and oxygen atoms in total. The largest absolute Gasteiger partial charge is 0.384 e. The van der Waals surface area contributed by atoms with E-state index >= 15 is 0 Å². The number of rotatable bonds is 5. The molecule has 0 saturated carbocycles. The number of nitrogen functional groups attached to an aromatic ring is 1. The Bertz CT molecular complexity index is 380. The molecule has 0 aliphatic rings. The minimum Gasteiger partial charge on any atom is -0.384 e. The summed E-state index contributed by atoms with van der Waals surface area (Å²) in [5.41, 5.74) is 5.52. The van der Waals surface area contributed by atoms with Crippen molar-refractivity contribution >= 4 is 17.5 Å². The number of anilines is 2. The van der Waals surface area contributed by atoms with E-state index in [1.54, 1.807) is 13.0 Å². The molecule has 0 aliphatic heterocycles. The Hall–Kier alpha value is -1.85. The lowest BCUT2D eigenvalue weighted by atomic mass is 10.2. The van der Waals surface area contributed by atoms with E-state index < -0.39 is 0 Å². The van der Waals surface area contributed by atoms with Crippen molar-refractivity contribution < 1.29 is 4.79 Å². The lowest BCUT2D eigenvalue weighted by Gasteiger charge is -2.15. The molecular formula is C11H19N5O.